The average Bonchev–Trinajstić information content (AvgIpc) is 2.97. The van der Waals surface area contributed by atoms with Crippen LogP contribution in [-0.2, 0) is 6.54 Å². The van der Waals surface area contributed by atoms with Crippen molar-refractivity contribution in [1.29, 1.82) is 0 Å². The molecular weight excluding hydrogens is 366 g/mol. The fourth-order valence-corrected chi connectivity index (χ4v) is 3.96. The molecule has 3 N–H and O–H groups in total. The molecule has 1 aromatic carbocycles. The second kappa shape index (κ2) is 7.59. The lowest BCUT2D eigenvalue weighted by atomic mass is 10.1. The van der Waals surface area contributed by atoms with Gasteiger partial charge in [-0.25, -0.2) is 4.98 Å². The molecule has 0 unspecified atom stereocenters. The van der Waals surface area contributed by atoms with E-state index in [1.807, 2.05) is 32.0 Å². The zero-order chi connectivity index (χ0) is 19.7. The molecule has 0 bridgehead atoms. The molecule has 0 fully saturated rings. The Morgan fingerprint density at radius 1 is 1.33 bits per heavy atom. The fraction of sp³-hybridized carbons (Fsp3) is 0.316. The minimum absolute atomic E-state index is 0.0579. The molecule has 0 spiro atoms. The van der Waals surface area contributed by atoms with Gasteiger partial charge in [-0.3, -0.25) is 14.2 Å². The number of fused-ring (bicyclic) bond motifs is 1. The van der Waals surface area contributed by atoms with Gasteiger partial charge < -0.3 is 15.5 Å². The molecule has 0 saturated carbocycles. The van der Waals surface area contributed by atoms with Crippen LogP contribution in [0.3, 0.4) is 0 Å². The number of aliphatic hydroxyl groups is 2. The highest BCUT2D eigenvalue weighted by molar-refractivity contribution is 7.20. The topological polar surface area (TPSA) is 104 Å². The number of carbonyl (C=O) groups is 1. The van der Waals surface area contributed by atoms with Crippen molar-refractivity contribution < 1.29 is 15.0 Å². The number of thiophene rings is 1. The van der Waals surface area contributed by atoms with Crippen molar-refractivity contribution in [2.45, 2.75) is 33.4 Å². The quantitative estimate of drug-likeness (QED) is 0.621. The highest BCUT2D eigenvalue weighted by Gasteiger charge is 2.20. The second-order valence-electron chi connectivity index (χ2n) is 6.55. The van der Waals surface area contributed by atoms with Gasteiger partial charge in [0.05, 0.1) is 35.8 Å². The first-order valence-corrected chi connectivity index (χ1v) is 9.29. The number of rotatable bonds is 5. The number of benzene rings is 1. The molecule has 3 aromatic rings. The number of hydrogen-bond acceptors (Lipinski definition) is 6. The Morgan fingerprint density at radius 3 is 2.74 bits per heavy atom. The van der Waals surface area contributed by atoms with Crippen molar-refractivity contribution in [1.82, 2.24) is 9.55 Å². The predicted molar refractivity (Wildman–Crippen MR) is 106 cm³/mol. The van der Waals surface area contributed by atoms with Gasteiger partial charge in [-0.05, 0) is 38.0 Å². The number of nitrogens with zero attached hydrogens (tertiary/aromatic N) is 2. The van der Waals surface area contributed by atoms with Crippen molar-refractivity contribution in [3.05, 3.63) is 56.4 Å². The number of aryl methyl sites for hydroxylation is 3. The lowest BCUT2D eigenvalue weighted by molar-refractivity contribution is 0.0802. The maximum atomic E-state index is 12.8. The van der Waals surface area contributed by atoms with Crippen molar-refractivity contribution in [3.8, 4) is 0 Å². The fourth-order valence-electron chi connectivity index (χ4n) is 2.92. The first kappa shape index (κ1) is 19.2. The van der Waals surface area contributed by atoms with Crippen LogP contribution in [0.4, 0.5) is 5.69 Å². The molecule has 27 heavy (non-hydrogen) atoms. The van der Waals surface area contributed by atoms with Gasteiger partial charge in [0.1, 0.15) is 4.83 Å². The number of aliphatic hydroxyl groups excluding tert-OH is 2. The SMILES string of the molecule is Cc1ccc(NC(=O)c2sc3ncn(C[C@@H](O)CO)c(=O)c3c2C)c(C)c1. The monoisotopic (exact) mass is 387 g/mol. The Kier molecular flexibility index (Phi) is 5.41. The number of amides is 1. The average molecular weight is 387 g/mol. The summed E-state index contributed by atoms with van der Waals surface area (Å²) in [5, 5.41) is 21.8. The van der Waals surface area contributed by atoms with Crippen molar-refractivity contribution in [3.63, 3.8) is 0 Å². The van der Waals surface area contributed by atoms with Gasteiger partial charge >= 0.3 is 0 Å². The van der Waals surface area contributed by atoms with Gasteiger partial charge in [0.15, 0.2) is 0 Å². The van der Waals surface area contributed by atoms with Crippen LogP contribution in [0.2, 0.25) is 0 Å². The molecular formula is C19H21N3O4S. The lowest BCUT2D eigenvalue weighted by Gasteiger charge is -2.09. The van der Waals surface area contributed by atoms with Crippen molar-refractivity contribution in [2.75, 3.05) is 11.9 Å². The van der Waals surface area contributed by atoms with E-state index in [2.05, 4.69) is 10.3 Å². The maximum Gasteiger partial charge on any atom is 0.266 e. The molecule has 1 atom stereocenters. The van der Waals surface area contributed by atoms with E-state index in [4.69, 9.17) is 5.11 Å². The van der Waals surface area contributed by atoms with Crippen LogP contribution < -0.4 is 10.9 Å². The van der Waals surface area contributed by atoms with Crippen LogP contribution >= 0.6 is 11.3 Å². The van der Waals surface area contributed by atoms with Gasteiger partial charge in [-0.15, -0.1) is 11.3 Å². The van der Waals surface area contributed by atoms with Crippen LogP contribution in [0.25, 0.3) is 10.2 Å². The van der Waals surface area contributed by atoms with Crippen LogP contribution in [-0.4, -0.2) is 38.4 Å². The van der Waals surface area contributed by atoms with Gasteiger partial charge in [0, 0.05) is 5.69 Å². The summed E-state index contributed by atoms with van der Waals surface area (Å²) >= 11 is 1.16. The summed E-state index contributed by atoms with van der Waals surface area (Å²) in [6, 6.07) is 5.76. The molecule has 0 aliphatic heterocycles. The zero-order valence-electron chi connectivity index (χ0n) is 15.3. The molecule has 142 valence electrons. The molecule has 7 nitrogen and oxygen atoms in total. The van der Waals surface area contributed by atoms with E-state index in [0.29, 0.717) is 20.7 Å². The number of nitrogens with one attached hydrogen (secondary N) is 1. The molecule has 0 radical (unpaired) electrons. The Bertz CT molecular complexity index is 1070. The van der Waals surface area contributed by atoms with Gasteiger partial charge in [-0.1, -0.05) is 17.7 Å². The summed E-state index contributed by atoms with van der Waals surface area (Å²) in [4.78, 5) is 30.6. The lowest BCUT2D eigenvalue weighted by Crippen LogP contribution is -2.28. The van der Waals surface area contributed by atoms with Gasteiger partial charge in [0.2, 0.25) is 0 Å². The van der Waals surface area contributed by atoms with E-state index in [-0.39, 0.29) is 18.0 Å². The normalized spacial score (nSPS) is 12.3. The van der Waals surface area contributed by atoms with E-state index in [0.717, 1.165) is 28.2 Å². The Labute approximate surface area is 159 Å². The van der Waals surface area contributed by atoms with Gasteiger partial charge in [0.25, 0.3) is 11.5 Å². The van der Waals surface area contributed by atoms with E-state index < -0.39 is 12.7 Å². The summed E-state index contributed by atoms with van der Waals surface area (Å²) in [5.74, 6) is -0.288. The molecule has 2 heterocycles. The number of carbonyl (C=O) groups excluding carboxylic acids is 1. The number of aromatic nitrogens is 2. The molecule has 2 aromatic heterocycles. The van der Waals surface area contributed by atoms with Crippen molar-refractivity contribution in [2.24, 2.45) is 0 Å². The standard InChI is InChI=1S/C19H21N3O4S/c1-10-4-5-14(11(2)6-10)21-17(25)16-12(3)15-18(27-16)20-9-22(19(15)26)7-13(24)8-23/h4-6,9,13,23-24H,7-8H2,1-3H3,(H,21,25)/t13-/m1/s1. The second-order valence-corrected chi connectivity index (χ2v) is 7.55. The third kappa shape index (κ3) is 3.78. The van der Waals surface area contributed by atoms with E-state index in [1.165, 1.54) is 10.9 Å². The van der Waals surface area contributed by atoms with E-state index >= 15 is 0 Å². The zero-order valence-corrected chi connectivity index (χ0v) is 16.1. The minimum atomic E-state index is -1.05. The molecule has 0 aliphatic carbocycles. The summed E-state index contributed by atoms with van der Waals surface area (Å²) in [6.07, 6.45) is 0.277. The minimum Gasteiger partial charge on any atom is -0.394 e. The highest BCUT2D eigenvalue weighted by atomic mass is 32.1. The smallest absolute Gasteiger partial charge is 0.266 e. The predicted octanol–water partition coefficient (Wildman–Crippen LogP) is 1.99. The third-order valence-corrected chi connectivity index (χ3v) is 5.57. The van der Waals surface area contributed by atoms with Crippen molar-refractivity contribution >= 4 is 33.1 Å². The molecule has 3 rings (SSSR count). The molecule has 1 amide bonds. The van der Waals surface area contributed by atoms with E-state index in [1.54, 1.807) is 6.92 Å². The van der Waals surface area contributed by atoms with Crippen LogP contribution in [0.1, 0.15) is 26.4 Å². The summed E-state index contributed by atoms with van der Waals surface area (Å²) < 4.78 is 1.24. The van der Waals surface area contributed by atoms with E-state index in [9.17, 15) is 14.7 Å². The Balaban J connectivity index is 1.97. The molecule has 0 saturated heterocycles. The maximum absolute atomic E-state index is 12.8. The highest BCUT2D eigenvalue weighted by Crippen LogP contribution is 2.28. The third-order valence-electron chi connectivity index (χ3n) is 4.37. The van der Waals surface area contributed by atoms with Crippen LogP contribution in [0.15, 0.2) is 29.3 Å². The Morgan fingerprint density at radius 2 is 2.07 bits per heavy atom. The number of hydrogen-bond donors (Lipinski definition) is 3. The Hall–Kier alpha value is -2.55. The largest absolute Gasteiger partial charge is 0.394 e. The molecule has 8 heteroatoms. The van der Waals surface area contributed by atoms with Crippen LogP contribution in [0, 0.1) is 20.8 Å². The molecule has 0 aliphatic rings. The summed E-state index contributed by atoms with van der Waals surface area (Å²) in [5.41, 5.74) is 3.01. The van der Waals surface area contributed by atoms with Gasteiger partial charge in [-0.2, -0.15) is 0 Å². The van der Waals surface area contributed by atoms with Crippen LogP contribution in [0.5, 0.6) is 0 Å². The summed E-state index contributed by atoms with van der Waals surface area (Å²) in [7, 11) is 0. The summed E-state index contributed by atoms with van der Waals surface area (Å²) in [6.45, 7) is 5.12. The first-order valence-electron chi connectivity index (χ1n) is 8.48. The number of anilines is 1. The first-order chi connectivity index (χ1) is 12.8.